The van der Waals surface area contributed by atoms with Gasteiger partial charge >= 0.3 is 5.69 Å². The highest BCUT2D eigenvalue weighted by Gasteiger charge is 2.37. The number of nitrogens with zero attached hydrogens (tertiary/aromatic N) is 2. The first kappa shape index (κ1) is 14.7. The largest absolute Gasteiger partial charge is 0.393 e. The highest BCUT2D eigenvalue weighted by Crippen LogP contribution is 2.38. The summed E-state index contributed by atoms with van der Waals surface area (Å²) in [5, 5.41) is 9.09. The fraction of sp³-hybridized carbons (Fsp3) is 0.273. The fourth-order valence-corrected chi connectivity index (χ4v) is 2.05. The number of nitrogens with two attached hydrogens (primary N) is 1. The first-order chi connectivity index (χ1) is 9.53. The summed E-state index contributed by atoms with van der Waals surface area (Å²) < 4.78 is 32.0. The molecule has 1 aliphatic heterocycles. The molecule has 1 fully saturated rings. The third kappa shape index (κ3) is 2.35. The molecule has 1 aliphatic rings. The van der Waals surface area contributed by atoms with E-state index in [0.29, 0.717) is 0 Å². The first-order valence-corrected chi connectivity index (χ1v) is 5.93. The molecule has 2 unspecified atom stereocenters. The molecular weight excluding hydrogens is 292 g/mol. The standard InChI is InChI=1S/C11H11F2N3O3S/c12-1-5-6(2-13)10(19-7(5)4-17)16-3-8(20)9(14)15-11(16)18/h1-3,7,10,17,20H,4H2,(H2,14,15,18). The number of nitrogen functional groups attached to an aromatic ring is 1. The maximum Gasteiger partial charge on any atom is 0.351 e. The van der Waals surface area contributed by atoms with Gasteiger partial charge in [0.1, 0.15) is 11.9 Å². The Hall–Kier alpha value is -1.71. The van der Waals surface area contributed by atoms with E-state index in [0.717, 1.165) is 4.57 Å². The number of thiol groups is 1. The fourth-order valence-electron chi connectivity index (χ4n) is 1.88. The van der Waals surface area contributed by atoms with E-state index >= 15 is 0 Å². The normalized spacial score (nSPS) is 26.6. The number of aliphatic hydroxyl groups is 1. The molecule has 1 aromatic heterocycles. The van der Waals surface area contributed by atoms with Crippen molar-refractivity contribution in [2.45, 2.75) is 17.2 Å². The summed E-state index contributed by atoms with van der Waals surface area (Å²) in [6.07, 6.45) is -0.862. The van der Waals surface area contributed by atoms with Crippen molar-refractivity contribution in [3.63, 3.8) is 0 Å². The van der Waals surface area contributed by atoms with Gasteiger partial charge in [-0.25, -0.2) is 13.6 Å². The van der Waals surface area contributed by atoms with Crippen molar-refractivity contribution in [1.82, 2.24) is 9.55 Å². The minimum Gasteiger partial charge on any atom is -0.393 e. The van der Waals surface area contributed by atoms with Crippen molar-refractivity contribution < 1.29 is 18.6 Å². The van der Waals surface area contributed by atoms with Crippen LogP contribution in [0.3, 0.4) is 0 Å². The molecule has 9 heteroatoms. The topological polar surface area (TPSA) is 90.4 Å². The van der Waals surface area contributed by atoms with Crippen molar-refractivity contribution in [2.24, 2.45) is 0 Å². The highest BCUT2D eigenvalue weighted by atomic mass is 32.1. The van der Waals surface area contributed by atoms with Crippen LogP contribution >= 0.6 is 12.6 Å². The number of ether oxygens (including phenoxy) is 1. The molecule has 2 heterocycles. The number of aliphatic hydroxyl groups excluding tert-OH is 1. The van der Waals surface area contributed by atoms with Gasteiger partial charge < -0.3 is 15.6 Å². The second-order valence-corrected chi connectivity index (χ2v) is 4.47. The van der Waals surface area contributed by atoms with Gasteiger partial charge in [-0.3, -0.25) is 4.57 Å². The zero-order chi connectivity index (χ0) is 14.9. The minimum absolute atomic E-state index is 0.0849. The molecule has 20 heavy (non-hydrogen) atoms. The lowest BCUT2D eigenvalue weighted by Gasteiger charge is -2.15. The van der Waals surface area contributed by atoms with E-state index in [1.54, 1.807) is 0 Å². The maximum atomic E-state index is 13.0. The van der Waals surface area contributed by atoms with Crippen molar-refractivity contribution >= 4 is 18.4 Å². The van der Waals surface area contributed by atoms with Crippen LogP contribution in [0.25, 0.3) is 0 Å². The van der Waals surface area contributed by atoms with Crippen LogP contribution in [0.15, 0.2) is 39.7 Å². The molecule has 0 aromatic carbocycles. The molecule has 108 valence electrons. The van der Waals surface area contributed by atoms with E-state index in [-0.39, 0.29) is 34.5 Å². The van der Waals surface area contributed by atoms with Crippen LogP contribution in [-0.2, 0) is 4.74 Å². The van der Waals surface area contributed by atoms with Gasteiger partial charge in [-0.1, -0.05) is 0 Å². The molecule has 0 bridgehead atoms. The zero-order valence-corrected chi connectivity index (χ0v) is 10.9. The number of hydrogen-bond donors (Lipinski definition) is 3. The summed E-state index contributed by atoms with van der Waals surface area (Å²) >= 11 is 4.00. The van der Waals surface area contributed by atoms with E-state index in [9.17, 15) is 13.6 Å². The second kappa shape index (κ2) is 5.73. The lowest BCUT2D eigenvalue weighted by molar-refractivity contribution is -0.00888. The summed E-state index contributed by atoms with van der Waals surface area (Å²) in [6.45, 7) is -0.561. The number of aromatic nitrogens is 2. The SMILES string of the molecule is Nc1nc(=O)n(C2OC(CO)C(=CF)C2=CF)cc1S. The Balaban J connectivity index is 2.53. The molecule has 1 saturated heterocycles. The number of halogens is 2. The average molecular weight is 303 g/mol. The molecule has 1 aromatic rings. The number of rotatable bonds is 2. The Morgan fingerprint density at radius 1 is 1.50 bits per heavy atom. The highest BCUT2D eigenvalue weighted by molar-refractivity contribution is 7.80. The maximum absolute atomic E-state index is 13.0. The number of hydrogen-bond acceptors (Lipinski definition) is 6. The number of anilines is 1. The van der Waals surface area contributed by atoms with Crippen LogP contribution in [0.2, 0.25) is 0 Å². The predicted molar refractivity (Wildman–Crippen MR) is 69.5 cm³/mol. The van der Waals surface area contributed by atoms with E-state index in [1.807, 2.05) is 0 Å². The van der Waals surface area contributed by atoms with Crippen molar-refractivity contribution in [3.05, 3.63) is 40.5 Å². The zero-order valence-electron chi connectivity index (χ0n) is 10.0. The Morgan fingerprint density at radius 3 is 2.70 bits per heavy atom. The van der Waals surface area contributed by atoms with Crippen LogP contribution in [0.5, 0.6) is 0 Å². The van der Waals surface area contributed by atoms with E-state index in [1.165, 1.54) is 6.20 Å². The van der Waals surface area contributed by atoms with Crippen LogP contribution in [0.1, 0.15) is 6.23 Å². The van der Waals surface area contributed by atoms with E-state index in [4.69, 9.17) is 15.6 Å². The minimum atomic E-state index is -1.24. The first-order valence-electron chi connectivity index (χ1n) is 5.48. The van der Waals surface area contributed by atoms with Crippen LogP contribution in [-0.4, -0.2) is 27.4 Å². The van der Waals surface area contributed by atoms with Crippen molar-refractivity contribution in [1.29, 1.82) is 0 Å². The summed E-state index contributed by atoms with van der Waals surface area (Å²) in [4.78, 5) is 15.4. The molecule has 0 aliphatic carbocycles. The van der Waals surface area contributed by atoms with E-state index < -0.39 is 24.6 Å². The van der Waals surface area contributed by atoms with Crippen LogP contribution in [0.4, 0.5) is 14.6 Å². The summed E-state index contributed by atoms with van der Waals surface area (Å²) in [6, 6.07) is 0. The second-order valence-electron chi connectivity index (χ2n) is 3.99. The molecule has 0 saturated carbocycles. The molecule has 6 nitrogen and oxygen atoms in total. The molecule has 2 atom stereocenters. The summed E-state index contributed by atoms with van der Waals surface area (Å²) in [7, 11) is 0. The molecule has 2 rings (SSSR count). The smallest absolute Gasteiger partial charge is 0.351 e. The van der Waals surface area contributed by atoms with Gasteiger partial charge in [-0.05, 0) is 0 Å². The van der Waals surface area contributed by atoms with Gasteiger partial charge in [0.2, 0.25) is 0 Å². The van der Waals surface area contributed by atoms with Gasteiger partial charge in [-0.2, -0.15) is 4.98 Å². The average Bonchev–Trinajstić information content (AvgIpc) is 2.80. The quantitative estimate of drug-likeness (QED) is 0.700. The molecular formula is C11H11F2N3O3S. The Bertz CT molecular complexity index is 644. The Labute approximate surface area is 117 Å². The van der Waals surface area contributed by atoms with Gasteiger partial charge in [-0.15, -0.1) is 12.6 Å². The monoisotopic (exact) mass is 303 g/mol. The third-order valence-electron chi connectivity index (χ3n) is 2.85. The van der Waals surface area contributed by atoms with Crippen molar-refractivity contribution in [2.75, 3.05) is 12.3 Å². The lowest BCUT2D eigenvalue weighted by Crippen LogP contribution is -2.28. The van der Waals surface area contributed by atoms with Crippen LogP contribution < -0.4 is 11.4 Å². The molecule has 3 N–H and O–H groups in total. The van der Waals surface area contributed by atoms with Gasteiger partial charge in [0.15, 0.2) is 6.23 Å². The lowest BCUT2D eigenvalue weighted by atomic mass is 10.1. The van der Waals surface area contributed by atoms with Crippen molar-refractivity contribution in [3.8, 4) is 0 Å². The van der Waals surface area contributed by atoms with Gasteiger partial charge in [0.05, 0.1) is 24.2 Å². The van der Waals surface area contributed by atoms with Gasteiger partial charge in [0.25, 0.3) is 0 Å². The predicted octanol–water partition coefficient (Wildman–Crippen LogP) is 0.711. The molecule has 0 amide bonds. The summed E-state index contributed by atoms with van der Waals surface area (Å²) in [5.74, 6) is -0.0849. The van der Waals surface area contributed by atoms with Crippen LogP contribution in [0, 0.1) is 0 Å². The Morgan fingerprint density at radius 2 is 2.15 bits per heavy atom. The van der Waals surface area contributed by atoms with Gasteiger partial charge in [0, 0.05) is 17.3 Å². The van der Waals surface area contributed by atoms with E-state index in [2.05, 4.69) is 17.6 Å². The Kier molecular flexibility index (Phi) is 4.21. The molecule has 0 radical (unpaired) electrons. The third-order valence-corrected chi connectivity index (χ3v) is 3.20. The summed E-state index contributed by atoms with van der Waals surface area (Å²) in [5.41, 5.74) is 4.23. The molecule has 0 spiro atoms.